The molecule has 0 aromatic heterocycles. The van der Waals surface area contributed by atoms with Crippen molar-refractivity contribution in [3.05, 3.63) is 0 Å². The number of nitrogens with one attached hydrogen (secondary N) is 1. The maximum Gasteiger partial charge on any atom is 0.0750 e. The Balaban J connectivity index is 2.98. The molecule has 3 nitrogen and oxygen atoms in total. The second-order valence-corrected chi connectivity index (χ2v) is 7.30. The fraction of sp³-hybridized carbons (Fsp3) is 1.00. The van der Waals surface area contributed by atoms with Gasteiger partial charge in [0.1, 0.15) is 0 Å². The molecule has 1 N–H and O–H groups in total. The SMILES string of the molecule is CCNC(C(OC)C(C)C)C1CC(C)(C)OC1(C)C. The highest BCUT2D eigenvalue weighted by molar-refractivity contribution is 5.02. The zero-order valence-electron chi connectivity index (χ0n) is 14.0. The van der Waals surface area contributed by atoms with Gasteiger partial charge < -0.3 is 14.8 Å². The zero-order chi connectivity index (χ0) is 14.8. The van der Waals surface area contributed by atoms with Gasteiger partial charge in [-0.2, -0.15) is 0 Å². The molecule has 0 aromatic rings. The Bertz CT molecular complexity index is 286. The van der Waals surface area contributed by atoms with E-state index in [1.54, 1.807) is 0 Å². The van der Waals surface area contributed by atoms with E-state index in [4.69, 9.17) is 9.47 Å². The molecule has 0 aromatic carbocycles. The highest BCUT2D eigenvalue weighted by atomic mass is 16.5. The van der Waals surface area contributed by atoms with Gasteiger partial charge in [0, 0.05) is 19.1 Å². The third-order valence-corrected chi connectivity index (χ3v) is 4.30. The van der Waals surface area contributed by atoms with E-state index >= 15 is 0 Å². The highest BCUT2D eigenvalue weighted by Gasteiger charge is 2.50. The summed E-state index contributed by atoms with van der Waals surface area (Å²) in [6.45, 7) is 16.4. The summed E-state index contributed by atoms with van der Waals surface area (Å²) in [4.78, 5) is 0. The van der Waals surface area contributed by atoms with Gasteiger partial charge in [-0.25, -0.2) is 0 Å². The molecule has 0 radical (unpaired) electrons. The first-order valence-corrected chi connectivity index (χ1v) is 7.61. The first-order chi connectivity index (χ1) is 8.64. The molecule has 0 spiro atoms. The van der Waals surface area contributed by atoms with Crippen LogP contribution in [0.3, 0.4) is 0 Å². The van der Waals surface area contributed by atoms with E-state index in [9.17, 15) is 0 Å². The smallest absolute Gasteiger partial charge is 0.0750 e. The minimum atomic E-state index is -0.109. The summed E-state index contributed by atoms with van der Waals surface area (Å²) in [6, 6.07) is 0.340. The maximum absolute atomic E-state index is 6.25. The molecule has 1 fully saturated rings. The lowest BCUT2D eigenvalue weighted by atomic mass is 9.77. The first-order valence-electron chi connectivity index (χ1n) is 7.61. The third kappa shape index (κ3) is 3.93. The van der Waals surface area contributed by atoms with Crippen LogP contribution in [0.1, 0.15) is 54.9 Å². The Hall–Kier alpha value is -0.120. The summed E-state index contributed by atoms with van der Waals surface area (Å²) in [5.41, 5.74) is -0.154. The van der Waals surface area contributed by atoms with Crippen molar-refractivity contribution in [3.8, 4) is 0 Å². The molecule has 0 aliphatic carbocycles. The molecule has 1 saturated heterocycles. The normalized spacial score (nSPS) is 28.6. The molecule has 0 amide bonds. The predicted octanol–water partition coefficient (Wildman–Crippen LogP) is 3.23. The summed E-state index contributed by atoms with van der Waals surface area (Å²) in [5.74, 6) is 0.961. The first kappa shape index (κ1) is 16.9. The van der Waals surface area contributed by atoms with Gasteiger partial charge in [0.25, 0.3) is 0 Å². The second-order valence-electron chi connectivity index (χ2n) is 7.30. The van der Waals surface area contributed by atoms with Crippen LogP contribution >= 0.6 is 0 Å². The van der Waals surface area contributed by atoms with E-state index in [1.807, 2.05) is 7.11 Å². The van der Waals surface area contributed by atoms with Crippen molar-refractivity contribution < 1.29 is 9.47 Å². The Labute approximate surface area is 119 Å². The molecule has 0 bridgehead atoms. The Morgan fingerprint density at radius 1 is 1.26 bits per heavy atom. The van der Waals surface area contributed by atoms with Crippen LogP contribution in [0.25, 0.3) is 0 Å². The van der Waals surface area contributed by atoms with Gasteiger partial charge in [0.05, 0.1) is 17.3 Å². The van der Waals surface area contributed by atoms with E-state index in [-0.39, 0.29) is 17.3 Å². The van der Waals surface area contributed by atoms with Crippen molar-refractivity contribution in [2.24, 2.45) is 11.8 Å². The summed E-state index contributed by atoms with van der Waals surface area (Å²) in [7, 11) is 1.82. The fourth-order valence-electron chi connectivity index (χ4n) is 3.72. The lowest BCUT2D eigenvalue weighted by Crippen LogP contribution is -2.53. The standard InChI is InChI=1S/C16H33NO2/c1-9-17-13(14(18-8)11(2)3)12-10-15(4,5)19-16(12,6)7/h11-14,17H,9-10H2,1-8H3. The molecular formula is C16H33NO2. The lowest BCUT2D eigenvalue weighted by Gasteiger charge is -2.39. The quantitative estimate of drug-likeness (QED) is 0.804. The van der Waals surface area contributed by atoms with Crippen LogP contribution in [0.4, 0.5) is 0 Å². The topological polar surface area (TPSA) is 30.5 Å². The van der Waals surface area contributed by atoms with Gasteiger partial charge in [-0.1, -0.05) is 20.8 Å². The molecule has 3 atom stereocenters. The molecule has 1 heterocycles. The van der Waals surface area contributed by atoms with Crippen molar-refractivity contribution in [1.29, 1.82) is 0 Å². The third-order valence-electron chi connectivity index (χ3n) is 4.30. The minimum Gasteiger partial charge on any atom is -0.380 e. The second kappa shape index (κ2) is 6.11. The average Bonchev–Trinajstić information content (AvgIpc) is 2.46. The summed E-state index contributed by atoms with van der Waals surface area (Å²) in [5, 5.41) is 3.65. The van der Waals surface area contributed by atoms with Crippen molar-refractivity contribution in [1.82, 2.24) is 5.32 Å². The number of likely N-dealkylation sites (N-methyl/N-ethyl adjacent to an activating group) is 1. The molecule has 3 heteroatoms. The summed E-state index contributed by atoms with van der Waals surface area (Å²) in [6.07, 6.45) is 1.30. The van der Waals surface area contributed by atoms with Gasteiger partial charge in [-0.05, 0) is 46.6 Å². The summed E-state index contributed by atoms with van der Waals surface area (Å²) >= 11 is 0. The van der Waals surface area contributed by atoms with Crippen molar-refractivity contribution in [2.75, 3.05) is 13.7 Å². The molecular weight excluding hydrogens is 238 g/mol. The van der Waals surface area contributed by atoms with E-state index in [1.165, 1.54) is 0 Å². The average molecular weight is 271 g/mol. The number of hydrogen-bond donors (Lipinski definition) is 1. The Morgan fingerprint density at radius 2 is 1.84 bits per heavy atom. The monoisotopic (exact) mass is 271 g/mol. The van der Waals surface area contributed by atoms with Crippen molar-refractivity contribution >= 4 is 0 Å². The van der Waals surface area contributed by atoms with Crippen molar-refractivity contribution in [3.63, 3.8) is 0 Å². The van der Waals surface area contributed by atoms with E-state index in [2.05, 4.69) is 53.8 Å². The van der Waals surface area contributed by atoms with Crippen LogP contribution in [0, 0.1) is 11.8 Å². The summed E-state index contributed by atoms with van der Waals surface area (Å²) < 4.78 is 12.0. The van der Waals surface area contributed by atoms with Crippen molar-refractivity contribution in [2.45, 2.75) is 78.2 Å². The number of rotatable bonds is 6. The van der Waals surface area contributed by atoms with E-state index in [0.29, 0.717) is 17.9 Å². The van der Waals surface area contributed by atoms with E-state index < -0.39 is 0 Å². The van der Waals surface area contributed by atoms with E-state index in [0.717, 1.165) is 13.0 Å². The van der Waals surface area contributed by atoms with Crippen LogP contribution in [-0.4, -0.2) is 37.0 Å². The molecule has 19 heavy (non-hydrogen) atoms. The molecule has 3 unspecified atom stereocenters. The highest BCUT2D eigenvalue weighted by Crippen LogP contribution is 2.44. The van der Waals surface area contributed by atoms with Gasteiger partial charge in [-0.3, -0.25) is 0 Å². The van der Waals surface area contributed by atoms with Crippen LogP contribution in [0.5, 0.6) is 0 Å². The van der Waals surface area contributed by atoms with Crippen LogP contribution < -0.4 is 5.32 Å². The van der Waals surface area contributed by atoms with Gasteiger partial charge in [0.2, 0.25) is 0 Å². The number of hydrogen-bond acceptors (Lipinski definition) is 3. The number of methoxy groups -OCH3 is 1. The predicted molar refractivity (Wildman–Crippen MR) is 80.4 cm³/mol. The Kier molecular flexibility index (Phi) is 5.44. The van der Waals surface area contributed by atoms with Crippen LogP contribution in [0.15, 0.2) is 0 Å². The molecule has 1 rings (SSSR count). The van der Waals surface area contributed by atoms with Gasteiger partial charge in [0.15, 0.2) is 0 Å². The Morgan fingerprint density at radius 3 is 2.16 bits per heavy atom. The fourth-order valence-corrected chi connectivity index (χ4v) is 3.72. The molecule has 0 saturated carbocycles. The van der Waals surface area contributed by atoms with Gasteiger partial charge >= 0.3 is 0 Å². The van der Waals surface area contributed by atoms with Crippen LogP contribution in [0.2, 0.25) is 0 Å². The number of ether oxygens (including phenoxy) is 2. The zero-order valence-corrected chi connectivity index (χ0v) is 14.0. The molecule has 114 valence electrons. The lowest BCUT2D eigenvalue weighted by molar-refractivity contribution is -0.0867. The minimum absolute atomic E-state index is 0.0445. The molecule has 1 aliphatic heterocycles. The van der Waals surface area contributed by atoms with Crippen LogP contribution in [-0.2, 0) is 9.47 Å². The molecule has 1 aliphatic rings. The maximum atomic E-state index is 6.25. The van der Waals surface area contributed by atoms with Gasteiger partial charge in [-0.15, -0.1) is 0 Å². The largest absolute Gasteiger partial charge is 0.380 e.